The lowest BCUT2D eigenvalue weighted by Crippen LogP contribution is -2.29. The molecule has 2 aromatic rings. The minimum Gasteiger partial charge on any atom is -0.493 e. The van der Waals surface area contributed by atoms with Crippen LogP contribution in [0.3, 0.4) is 0 Å². The highest BCUT2D eigenvalue weighted by atomic mass is 35.5. The molecular weight excluding hydrogens is 358 g/mol. The molecule has 0 aromatic heterocycles. The summed E-state index contributed by atoms with van der Waals surface area (Å²) in [5, 5.41) is 0.482. The van der Waals surface area contributed by atoms with Gasteiger partial charge in [-0.25, -0.2) is 8.42 Å². The molecule has 0 saturated carbocycles. The molecule has 2 aromatic carbocycles. The molecule has 25 heavy (non-hydrogen) atoms. The van der Waals surface area contributed by atoms with E-state index < -0.39 is 10.0 Å². The standard InChI is InChI=1S/C19H20ClNO3S/c1-13-17(20)3-2-4-19(13)25(22,23)21-9-7-16(12-21)14-5-6-18-15(11-14)8-10-24-18/h2-6,11,16H,7-10,12H2,1H3/t16-/m0/s1. The zero-order valence-electron chi connectivity index (χ0n) is 14.0. The van der Waals surface area contributed by atoms with E-state index in [4.69, 9.17) is 16.3 Å². The molecule has 0 bridgehead atoms. The van der Waals surface area contributed by atoms with Crippen LogP contribution in [0.15, 0.2) is 41.3 Å². The fourth-order valence-electron chi connectivity index (χ4n) is 3.69. The van der Waals surface area contributed by atoms with Crippen molar-refractivity contribution in [1.29, 1.82) is 0 Å². The van der Waals surface area contributed by atoms with Crippen molar-refractivity contribution in [3.05, 3.63) is 58.1 Å². The Morgan fingerprint density at radius 1 is 1.24 bits per heavy atom. The second-order valence-corrected chi connectivity index (χ2v) is 8.99. The second-order valence-electron chi connectivity index (χ2n) is 6.68. The average molecular weight is 378 g/mol. The zero-order valence-corrected chi connectivity index (χ0v) is 15.6. The first kappa shape index (κ1) is 16.9. The molecule has 0 unspecified atom stereocenters. The van der Waals surface area contributed by atoms with Crippen molar-refractivity contribution in [2.24, 2.45) is 0 Å². The van der Waals surface area contributed by atoms with E-state index in [9.17, 15) is 8.42 Å². The summed E-state index contributed by atoms with van der Waals surface area (Å²) in [4.78, 5) is 0.308. The number of sulfonamides is 1. The number of halogens is 1. The topological polar surface area (TPSA) is 46.6 Å². The summed E-state index contributed by atoms with van der Waals surface area (Å²) in [6, 6.07) is 11.3. The molecule has 132 valence electrons. The largest absolute Gasteiger partial charge is 0.493 e. The summed E-state index contributed by atoms with van der Waals surface area (Å²) >= 11 is 6.11. The Morgan fingerprint density at radius 2 is 2.08 bits per heavy atom. The van der Waals surface area contributed by atoms with E-state index in [2.05, 4.69) is 12.1 Å². The van der Waals surface area contributed by atoms with Gasteiger partial charge in [0.15, 0.2) is 0 Å². The number of hydrogen-bond acceptors (Lipinski definition) is 3. The Labute approximate surface area is 153 Å². The smallest absolute Gasteiger partial charge is 0.243 e. The highest BCUT2D eigenvalue weighted by Gasteiger charge is 2.34. The molecule has 0 N–H and O–H groups in total. The van der Waals surface area contributed by atoms with Crippen molar-refractivity contribution in [2.45, 2.75) is 30.6 Å². The Kier molecular flexibility index (Phi) is 4.26. The zero-order chi connectivity index (χ0) is 17.6. The van der Waals surface area contributed by atoms with Crippen LogP contribution in [0.25, 0.3) is 0 Å². The molecule has 4 nitrogen and oxygen atoms in total. The van der Waals surface area contributed by atoms with Crippen LogP contribution in [0.5, 0.6) is 5.75 Å². The Balaban J connectivity index is 1.59. The molecule has 2 heterocycles. The van der Waals surface area contributed by atoms with Crippen molar-refractivity contribution in [3.63, 3.8) is 0 Å². The van der Waals surface area contributed by atoms with E-state index in [1.807, 2.05) is 6.07 Å². The normalized spacial score (nSPS) is 20.5. The summed E-state index contributed by atoms with van der Waals surface area (Å²) in [6.45, 7) is 3.53. The van der Waals surface area contributed by atoms with Gasteiger partial charge in [-0.1, -0.05) is 29.8 Å². The van der Waals surface area contributed by atoms with Crippen LogP contribution in [0.2, 0.25) is 5.02 Å². The van der Waals surface area contributed by atoms with Gasteiger partial charge in [0.2, 0.25) is 10.0 Å². The van der Waals surface area contributed by atoms with Gasteiger partial charge in [0, 0.05) is 24.5 Å². The van der Waals surface area contributed by atoms with E-state index in [1.54, 1.807) is 29.4 Å². The number of fused-ring (bicyclic) bond motifs is 1. The molecule has 4 rings (SSSR count). The van der Waals surface area contributed by atoms with Gasteiger partial charge in [0.05, 0.1) is 11.5 Å². The minimum atomic E-state index is -3.52. The van der Waals surface area contributed by atoms with Crippen LogP contribution in [-0.2, 0) is 16.4 Å². The molecule has 0 radical (unpaired) electrons. The molecule has 2 aliphatic rings. The molecular formula is C19H20ClNO3S. The van der Waals surface area contributed by atoms with Crippen LogP contribution in [0.4, 0.5) is 0 Å². The maximum Gasteiger partial charge on any atom is 0.243 e. The number of hydrogen-bond donors (Lipinski definition) is 0. The minimum absolute atomic E-state index is 0.222. The van der Waals surface area contributed by atoms with E-state index >= 15 is 0 Å². The predicted molar refractivity (Wildman–Crippen MR) is 97.9 cm³/mol. The Bertz CT molecular complexity index is 926. The van der Waals surface area contributed by atoms with E-state index in [0.717, 1.165) is 25.2 Å². The van der Waals surface area contributed by atoms with Crippen molar-refractivity contribution in [2.75, 3.05) is 19.7 Å². The second kappa shape index (κ2) is 6.31. The third kappa shape index (κ3) is 2.94. The SMILES string of the molecule is Cc1c(Cl)cccc1S(=O)(=O)N1CC[C@H](c2ccc3c(c2)CCO3)C1. The molecule has 0 spiro atoms. The molecule has 0 aliphatic carbocycles. The molecule has 0 amide bonds. The van der Waals surface area contributed by atoms with Crippen LogP contribution < -0.4 is 4.74 Å². The first-order valence-electron chi connectivity index (χ1n) is 8.48. The molecule has 2 aliphatic heterocycles. The van der Waals surface area contributed by atoms with Gasteiger partial charge in [-0.2, -0.15) is 4.31 Å². The van der Waals surface area contributed by atoms with E-state index in [0.29, 0.717) is 28.6 Å². The Morgan fingerprint density at radius 3 is 2.92 bits per heavy atom. The maximum absolute atomic E-state index is 13.0. The maximum atomic E-state index is 13.0. The van der Waals surface area contributed by atoms with Crippen molar-refractivity contribution < 1.29 is 13.2 Å². The molecule has 1 atom stereocenters. The fraction of sp³-hybridized carbons (Fsp3) is 0.368. The van der Waals surface area contributed by atoms with Gasteiger partial charge in [-0.15, -0.1) is 0 Å². The van der Waals surface area contributed by atoms with Crippen molar-refractivity contribution >= 4 is 21.6 Å². The van der Waals surface area contributed by atoms with Gasteiger partial charge in [0.1, 0.15) is 5.75 Å². The van der Waals surface area contributed by atoms with Crippen molar-refractivity contribution in [3.8, 4) is 5.75 Å². The van der Waals surface area contributed by atoms with Crippen LogP contribution >= 0.6 is 11.6 Å². The number of nitrogens with zero attached hydrogens (tertiary/aromatic N) is 1. The first-order chi connectivity index (χ1) is 12.0. The van der Waals surface area contributed by atoms with E-state index in [1.165, 1.54) is 11.1 Å². The highest BCUT2D eigenvalue weighted by molar-refractivity contribution is 7.89. The van der Waals surface area contributed by atoms with Gasteiger partial charge in [0.25, 0.3) is 0 Å². The quantitative estimate of drug-likeness (QED) is 0.818. The van der Waals surface area contributed by atoms with Gasteiger partial charge < -0.3 is 4.74 Å². The average Bonchev–Trinajstić information content (AvgIpc) is 3.25. The number of ether oxygens (including phenoxy) is 1. The van der Waals surface area contributed by atoms with E-state index in [-0.39, 0.29) is 5.92 Å². The predicted octanol–water partition coefficient (Wildman–Crippen LogP) is 3.76. The van der Waals surface area contributed by atoms with Gasteiger partial charge in [-0.05, 0) is 54.2 Å². The summed E-state index contributed by atoms with van der Waals surface area (Å²) in [7, 11) is -3.52. The summed E-state index contributed by atoms with van der Waals surface area (Å²) in [5.41, 5.74) is 3.04. The van der Waals surface area contributed by atoms with Crippen LogP contribution in [0.1, 0.15) is 29.0 Å². The molecule has 1 fully saturated rings. The van der Waals surface area contributed by atoms with Crippen molar-refractivity contribution in [1.82, 2.24) is 4.31 Å². The lowest BCUT2D eigenvalue weighted by Gasteiger charge is -2.19. The lowest BCUT2D eigenvalue weighted by molar-refractivity contribution is 0.357. The van der Waals surface area contributed by atoms with Gasteiger partial charge >= 0.3 is 0 Å². The molecule has 6 heteroatoms. The van der Waals surface area contributed by atoms with Crippen LogP contribution in [0, 0.1) is 6.92 Å². The summed E-state index contributed by atoms with van der Waals surface area (Å²) < 4.78 is 33.2. The third-order valence-electron chi connectivity index (χ3n) is 5.17. The lowest BCUT2D eigenvalue weighted by atomic mass is 9.96. The Hall–Kier alpha value is -1.56. The van der Waals surface area contributed by atoms with Crippen LogP contribution in [-0.4, -0.2) is 32.4 Å². The highest BCUT2D eigenvalue weighted by Crippen LogP contribution is 2.35. The fourth-order valence-corrected chi connectivity index (χ4v) is 5.66. The number of benzene rings is 2. The monoisotopic (exact) mass is 377 g/mol. The number of rotatable bonds is 3. The summed E-state index contributed by atoms with van der Waals surface area (Å²) in [6.07, 6.45) is 1.76. The first-order valence-corrected chi connectivity index (χ1v) is 10.3. The molecule has 1 saturated heterocycles. The van der Waals surface area contributed by atoms with Gasteiger partial charge in [-0.3, -0.25) is 0 Å². The third-order valence-corrected chi connectivity index (χ3v) is 7.59. The summed E-state index contributed by atoms with van der Waals surface area (Å²) in [5.74, 6) is 1.18.